The first-order valence-corrected chi connectivity index (χ1v) is 13.2. The molecule has 1 saturated heterocycles. The summed E-state index contributed by atoms with van der Waals surface area (Å²) >= 11 is 0. The second-order valence-electron chi connectivity index (χ2n) is 10.5. The molecule has 0 aromatic heterocycles. The van der Waals surface area contributed by atoms with E-state index in [1.807, 2.05) is 18.2 Å². The minimum atomic E-state index is -0.904. The fraction of sp³-hybridized carbons (Fsp3) is 0.586. The number of benzene rings is 2. The summed E-state index contributed by atoms with van der Waals surface area (Å²) in [7, 11) is 3.41. The molecule has 1 fully saturated rings. The highest BCUT2D eigenvalue weighted by molar-refractivity contribution is 5.61. The van der Waals surface area contributed by atoms with Gasteiger partial charge in [-0.15, -0.1) is 0 Å². The van der Waals surface area contributed by atoms with Gasteiger partial charge in [-0.1, -0.05) is 18.2 Å². The first-order chi connectivity index (χ1) is 17.9. The average molecular weight is 515 g/mol. The van der Waals surface area contributed by atoms with Gasteiger partial charge in [0.2, 0.25) is 0 Å². The van der Waals surface area contributed by atoms with Crippen molar-refractivity contribution in [1.82, 2.24) is 5.32 Å². The number of nitrogens with zero attached hydrogens (tertiary/aromatic N) is 1. The van der Waals surface area contributed by atoms with Crippen LogP contribution in [0.3, 0.4) is 0 Å². The number of piperidine rings is 1. The minimum absolute atomic E-state index is 0.0148. The van der Waals surface area contributed by atoms with Gasteiger partial charge < -0.3 is 39.0 Å². The predicted molar refractivity (Wildman–Crippen MR) is 144 cm³/mol. The number of fused-ring (bicyclic) bond motifs is 1. The molecule has 0 amide bonds. The first-order valence-electron chi connectivity index (χ1n) is 13.2. The third-order valence-corrected chi connectivity index (χ3v) is 6.87. The van der Waals surface area contributed by atoms with Gasteiger partial charge in [-0.25, -0.2) is 0 Å². The molecule has 0 unspecified atom stereocenters. The van der Waals surface area contributed by atoms with E-state index in [0.29, 0.717) is 19.8 Å². The fourth-order valence-electron chi connectivity index (χ4n) is 5.00. The minimum Gasteiger partial charge on any atom is -0.497 e. The van der Waals surface area contributed by atoms with Crippen molar-refractivity contribution in [2.24, 2.45) is 0 Å². The van der Waals surface area contributed by atoms with Gasteiger partial charge in [0.25, 0.3) is 0 Å². The molecule has 8 heteroatoms. The van der Waals surface area contributed by atoms with Crippen molar-refractivity contribution < 1.29 is 28.8 Å². The molecule has 2 aromatic carbocycles. The molecule has 2 aromatic rings. The van der Waals surface area contributed by atoms with Gasteiger partial charge in [-0.05, 0) is 55.7 Å². The maximum atomic E-state index is 10.3. The number of anilines is 1. The van der Waals surface area contributed by atoms with Crippen LogP contribution in [-0.4, -0.2) is 83.1 Å². The molecule has 2 N–H and O–H groups in total. The number of aliphatic hydroxyl groups is 1. The fourth-order valence-corrected chi connectivity index (χ4v) is 5.00. The summed E-state index contributed by atoms with van der Waals surface area (Å²) in [6.45, 7) is 8.91. The van der Waals surface area contributed by atoms with E-state index in [4.69, 9.17) is 23.7 Å². The molecule has 2 heterocycles. The highest BCUT2D eigenvalue weighted by Crippen LogP contribution is 2.35. The molecule has 0 aliphatic carbocycles. The molecule has 0 spiro atoms. The van der Waals surface area contributed by atoms with Crippen molar-refractivity contribution in [2.75, 3.05) is 65.1 Å². The van der Waals surface area contributed by atoms with E-state index in [2.05, 4.69) is 34.5 Å². The van der Waals surface area contributed by atoms with Crippen LogP contribution >= 0.6 is 0 Å². The number of ether oxygens (including phenoxy) is 5. The summed E-state index contributed by atoms with van der Waals surface area (Å²) in [5.41, 5.74) is 2.45. The lowest BCUT2D eigenvalue weighted by Gasteiger charge is -2.39. The van der Waals surface area contributed by atoms with E-state index in [-0.39, 0.29) is 24.7 Å². The van der Waals surface area contributed by atoms with E-state index in [9.17, 15) is 5.11 Å². The third kappa shape index (κ3) is 7.58. The van der Waals surface area contributed by atoms with Crippen molar-refractivity contribution in [2.45, 2.75) is 50.6 Å². The van der Waals surface area contributed by atoms with Gasteiger partial charge in [0.05, 0.1) is 50.4 Å². The van der Waals surface area contributed by atoms with Crippen molar-refractivity contribution >= 4 is 5.69 Å². The Labute approximate surface area is 220 Å². The summed E-state index contributed by atoms with van der Waals surface area (Å²) in [6.07, 6.45) is 0.741. The summed E-state index contributed by atoms with van der Waals surface area (Å²) < 4.78 is 29.3. The van der Waals surface area contributed by atoms with E-state index >= 15 is 0 Å². The Morgan fingerprint density at radius 1 is 1.05 bits per heavy atom. The lowest BCUT2D eigenvalue weighted by molar-refractivity contribution is -0.0964. The van der Waals surface area contributed by atoms with Gasteiger partial charge in [0.15, 0.2) is 0 Å². The summed E-state index contributed by atoms with van der Waals surface area (Å²) in [6, 6.07) is 14.4. The Balaban J connectivity index is 1.49. The number of hydrogen-bond acceptors (Lipinski definition) is 8. The molecule has 2 aliphatic heterocycles. The molecule has 0 radical (unpaired) electrons. The Hall–Kier alpha value is -2.36. The number of hydrogen-bond donors (Lipinski definition) is 2. The van der Waals surface area contributed by atoms with Gasteiger partial charge in [0, 0.05) is 39.3 Å². The second-order valence-corrected chi connectivity index (χ2v) is 10.5. The average Bonchev–Trinajstić information content (AvgIpc) is 2.90. The second kappa shape index (κ2) is 12.9. The Morgan fingerprint density at radius 3 is 2.51 bits per heavy atom. The van der Waals surface area contributed by atoms with Crippen molar-refractivity contribution in [3.05, 3.63) is 53.6 Å². The van der Waals surface area contributed by atoms with Crippen LogP contribution in [-0.2, 0) is 20.8 Å². The van der Waals surface area contributed by atoms with Gasteiger partial charge in [-0.3, -0.25) is 0 Å². The van der Waals surface area contributed by atoms with Crippen LogP contribution in [0.5, 0.6) is 11.5 Å². The van der Waals surface area contributed by atoms with Crippen LogP contribution in [0.4, 0.5) is 5.69 Å². The SMILES string of the molecule is COCCCN1CCOc2ccc(CO[C@H]3CNC[C@@H](OCC(C)(C)O)[C@@H]3c3ccc(OC)cc3)cc21. The molecule has 37 heavy (non-hydrogen) atoms. The molecule has 2 aliphatic rings. The molecule has 8 nitrogen and oxygen atoms in total. The Kier molecular flexibility index (Phi) is 9.67. The number of nitrogens with one attached hydrogen (secondary N) is 1. The monoisotopic (exact) mass is 514 g/mol. The van der Waals surface area contributed by atoms with E-state index in [1.54, 1.807) is 28.1 Å². The van der Waals surface area contributed by atoms with Crippen LogP contribution < -0.4 is 19.7 Å². The van der Waals surface area contributed by atoms with Crippen LogP contribution in [0.1, 0.15) is 37.3 Å². The summed E-state index contributed by atoms with van der Waals surface area (Å²) in [4.78, 5) is 2.37. The highest BCUT2D eigenvalue weighted by Gasteiger charge is 2.37. The van der Waals surface area contributed by atoms with Crippen molar-refractivity contribution in [3.8, 4) is 11.5 Å². The molecule has 4 rings (SSSR count). The molecular weight excluding hydrogens is 472 g/mol. The molecule has 0 bridgehead atoms. The van der Waals surface area contributed by atoms with Crippen LogP contribution in [0.25, 0.3) is 0 Å². The third-order valence-electron chi connectivity index (χ3n) is 6.87. The van der Waals surface area contributed by atoms with Crippen molar-refractivity contribution in [1.29, 1.82) is 0 Å². The predicted octanol–water partition coefficient (Wildman–Crippen LogP) is 3.36. The quantitative estimate of drug-likeness (QED) is 0.418. The van der Waals surface area contributed by atoms with Gasteiger partial charge in [-0.2, -0.15) is 0 Å². The smallest absolute Gasteiger partial charge is 0.142 e. The summed E-state index contributed by atoms with van der Waals surface area (Å²) in [5.74, 6) is 1.75. The Morgan fingerprint density at radius 2 is 1.81 bits per heavy atom. The zero-order chi connectivity index (χ0) is 26.3. The van der Waals surface area contributed by atoms with Gasteiger partial charge in [0.1, 0.15) is 18.1 Å². The van der Waals surface area contributed by atoms with Crippen LogP contribution in [0.2, 0.25) is 0 Å². The lowest BCUT2D eigenvalue weighted by Crippen LogP contribution is -2.51. The van der Waals surface area contributed by atoms with Crippen LogP contribution in [0.15, 0.2) is 42.5 Å². The maximum Gasteiger partial charge on any atom is 0.142 e. The molecule has 3 atom stereocenters. The zero-order valence-corrected chi connectivity index (χ0v) is 22.6. The van der Waals surface area contributed by atoms with Gasteiger partial charge >= 0.3 is 0 Å². The molecule has 0 saturated carbocycles. The standard InChI is InChI=1S/C29H42N2O6/c1-29(2,32)20-37-27-18-30-17-26(28(27)22-7-9-23(34-4)10-8-22)36-19-21-6-11-25-24(16-21)31(13-15-35-25)12-5-14-33-3/h6-11,16,26-28,30,32H,5,12-15,17-20H2,1-4H3/t26-,27+,28+/m0/s1. The van der Waals surface area contributed by atoms with Crippen LogP contribution in [0, 0.1) is 0 Å². The number of rotatable bonds is 12. The maximum absolute atomic E-state index is 10.3. The largest absolute Gasteiger partial charge is 0.497 e. The van der Waals surface area contributed by atoms with E-state index in [1.165, 1.54) is 0 Å². The lowest BCUT2D eigenvalue weighted by atomic mass is 9.85. The topological polar surface area (TPSA) is 81.7 Å². The summed E-state index contributed by atoms with van der Waals surface area (Å²) in [5, 5.41) is 13.7. The Bertz CT molecular complexity index is 977. The van der Waals surface area contributed by atoms with E-state index in [0.717, 1.165) is 61.0 Å². The first kappa shape index (κ1) is 27.7. The van der Waals surface area contributed by atoms with E-state index < -0.39 is 5.60 Å². The molecule has 204 valence electrons. The normalized spacial score (nSPS) is 21.9. The highest BCUT2D eigenvalue weighted by atomic mass is 16.5. The molecular formula is C29H42N2O6. The number of methoxy groups -OCH3 is 2. The van der Waals surface area contributed by atoms with Crippen molar-refractivity contribution in [3.63, 3.8) is 0 Å². The zero-order valence-electron chi connectivity index (χ0n) is 22.6.